The summed E-state index contributed by atoms with van der Waals surface area (Å²) >= 11 is 0. The van der Waals surface area contributed by atoms with Crippen LogP contribution in [-0.4, -0.2) is 36.0 Å². The second-order valence-electron chi connectivity index (χ2n) is 4.63. The molecular weight excluding hydrogens is 448 g/mol. The molecular formula is C12H8F16. The van der Waals surface area contributed by atoms with Gasteiger partial charge in [0.15, 0.2) is 0 Å². The van der Waals surface area contributed by atoms with Gasteiger partial charge in [0.05, 0.1) is 0 Å². The van der Waals surface area contributed by atoms with Crippen LogP contribution in [0.2, 0.25) is 0 Å². The lowest BCUT2D eigenvalue weighted by molar-refractivity contribution is -0.383. The number of rotatable bonds is 4. The quantitative estimate of drug-likeness (QED) is 0.306. The Balaban J connectivity index is 0. The van der Waals surface area contributed by atoms with Gasteiger partial charge < -0.3 is 0 Å². The summed E-state index contributed by atoms with van der Waals surface area (Å²) in [4.78, 5) is 0. The highest BCUT2D eigenvalue weighted by atomic mass is 19.4. The maximum Gasteiger partial charge on any atom is 0.458 e. The molecule has 0 nitrogen and oxygen atoms in total. The van der Waals surface area contributed by atoms with E-state index in [0.29, 0.717) is 0 Å². The fraction of sp³-hybridized carbons (Fsp3) is 0.667. The predicted octanol–water partition coefficient (Wildman–Crippen LogP) is 7.39. The van der Waals surface area contributed by atoms with Gasteiger partial charge in [-0.2, -0.15) is 65.9 Å². The minimum absolute atomic E-state index is 1.08. The van der Waals surface area contributed by atoms with Crippen molar-refractivity contribution < 1.29 is 70.2 Å². The maximum absolute atomic E-state index is 13.4. The molecule has 0 amide bonds. The molecule has 0 radical (unpaired) electrons. The van der Waals surface area contributed by atoms with Crippen molar-refractivity contribution in [3.63, 3.8) is 0 Å². The largest absolute Gasteiger partial charge is 0.458 e. The summed E-state index contributed by atoms with van der Waals surface area (Å²) in [5, 5.41) is 0. The van der Waals surface area contributed by atoms with Crippen molar-refractivity contribution in [2.24, 2.45) is 0 Å². The third-order valence-corrected chi connectivity index (χ3v) is 2.67. The Labute approximate surface area is 145 Å². The summed E-state index contributed by atoms with van der Waals surface area (Å²) < 4.78 is 196. The van der Waals surface area contributed by atoms with E-state index in [1.54, 1.807) is 0 Å². The molecule has 0 bridgehead atoms. The Hall–Kier alpha value is -1.64. The van der Waals surface area contributed by atoms with Crippen molar-refractivity contribution in [3.05, 3.63) is 24.3 Å². The van der Waals surface area contributed by atoms with Gasteiger partial charge >= 0.3 is 36.0 Å². The van der Waals surface area contributed by atoms with Crippen LogP contribution in [0.15, 0.2) is 24.3 Å². The van der Waals surface area contributed by atoms with Crippen LogP contribution in [0.5, 0.6) is 0 Å². The van der Waals surface area contributed by atoms with E-state index in [2.05, 4.69) is 13.5 Å². The van der Waals surface area contributed by atoms with E-state index in [1.165, 1.54) is 0 Å². The van der Waals surface area contributed by atoms with E-state index in [9.17, 15) is 70.2 Å². The molecule has 0 spiro atoms. The van der Waals surface area contributed by atoms with E-state index in [-0.39, 0.29) is 0 Å². The molecule has 0 aliphatic rings. The Bertz CT molecular complexity index is 556. The Morgan fingerprint density at radius 1 is 0.679 bits per heavy atom. The normalized spacial score (nSPS) is 15.9. The minimum Gasteiger partial charge on any atom is -0.221 e. The molecule has 0 aromatic heterocycles. The predicted molar refractivity (Wildman–Crippen MR) is 61.6 cm³/mol. The highest BCUT2D eigenvalue weighted by molar-refractivity contribution is 5.34. The Kier molecular flexibility index (Phi) is 8.56. The fourth-order valence-corrected chi connectivity index (χ4v) is 1.28. The van der Waals surface area contributed by atoms with Crippen LogP contribution >= 0.6 is 0 Å². The molecule has 1 unspecified atom stereocenters. The van der Waals surface area contributed by atoms with Crippen LogP contribution in [0.3, 0.4) is 0 Å². The zero-order valence-electron chi connectivity index (χ0n) is 13.0. The lowest BCUT2D eigenvalue weighted by Gasteiger charge is -2.39. The van der Waals surface area contributed by atoms with Crippen LogP contribution in [0.4, 0.5) is 70.2 Å². The van der Waals surface area contributed by atoms with Crippen molar-refractivity contribution in [3.8, 4) is 0 Å². The first-order chi connectivity index (χ1) is 12.0. The summed E-state index contributed by atoms with van der Waals surface area (Å²) in [7, 11) is 0. The summed E-state index contributed by atoms with van der Waals surface area (Å²) in [5.74, 6) is -15.8. The summed E-state index contributed by atoms with van der Waals surface area (Å²) in [6.07, 6.45) is -25.3. The van der Waals surface area contributed by atoms with Gasteiger partial charge in [-0.1, -0.05) is 13.0 Å². The van der Waals surface area contributed by atoms with Crippen molar-refractivity contribution in [1.82, 2.24) is 0 Å². The molecule has 28 heavy (non-hydrogen) atoms. The van der Waals surface area contributed by atoms with Crippen molar-refractivity contribution >= 4 is 0 Å². The maximum atomic E-state index is 13.4. The number of hydrogen-bond acceptors (Lipinski definition) is 0. The van der Waals surface area contributed by atoms with Crippen LogP contribution in [0.1, 0.15) is 13.3 Å². The first-order valence-corrected chi connectivity index (χ1v) is 6.30. The average Bonchev–Trinajstić information content (AvgIpc) is 2.42. The zero-order valence-corrected chi connectivity index (χ0v) is 13.0. The minimum atomic E-state index is -8.11. The molecule has 0 aromatic rings. The van der Waals surface area contributed by atoms with Gasteiger partial charge in [0.2, 0.25) is 0 Å². The monoisotopic (exact) mass is 456 g/mol. The first kappa shape index (κ1) is 28.6. The third-order valence-electron chi connectivity index (χ3n) is 2.67. The molecule has 0 N–H and O–H groups in total. The van der Waals surface area contributed by atoms with Crippen LogP contribution in [-0.2, 0) is 0 Å². The van der Waals surface area contributed by atoms with Crippen LogP contribution in [0.25, 0.3) is 0 Å². The second-order valence-corrected chi connectivity index (χ2v) is 4.63. The highest BCUT2D eigenvalue weighted by Crippen LogP contribution is 2.61. The standard InChI is InChI=1S/C8F16.C4H8/c9-2(10)1(4(12,13)7(19,20)21)3(11,6(16,17)18)5(14,15)8(22,23)24;1-3-4-2/h;3H,1,4H2,2H3. The summed E-state index contributed by atoms with van der Waals surface area (Å²) in [5.41, 5.74) is -13.5. The van der Waals surface area contributed by atoms with Gasteiger partial charge in [-0.25, -0.2) is 4.39 Å². The Morgan fingerprint density at radius 2 is 1.00 bits per heavy atom. The lowest BCUT2D eigenvalue weighted by atomic mass is 9.84. The zero-order chi connectivity index (χ0) is 23.6. The van der Waals surface area contributed by atoms with Crippen molar-refractivity contribution in [1.29, 1.82) is 0 Å². The van der Waals surface area contributed by atoms with E-state index >= 15 is 0 Å². The summed E-state index contributed by atoms with van der Waals surface area (Å²) in [6, 6.07) is 0. The molecule has 0 fully saturated rings. The number of allylic oxidation sites excluding steroid dienone is 2. The van der Waals surface area contributed by atoms with Gasteiger partial charge in [-0.15, -0.1) is 6.58 Å². The molecule has 1 atom stereocenters. The molecule has 0 saturated carbocycles. The van der Waals surface area contributed by atoms with E-state index in [1.807, 2.05) is 6.08 Å². The van der Waals surface area contributed by atoms with E-state index < -0.39 is 47.7 Å². The second kappa shape index (κ2) is 8.39. The number of halogens is 16. The van der Waals surface area contributed by atoms with E-state index in [4.69, 9.17) is 0 Å². The fourth-order valence-electron chi connectivity index (χ4n) is 1.28. The highest BCUT2D eigenvalue weighted by Gasteiger charge is 2.87. The SMILES string of the molecule is C=CCC.FC(F)=C(C(F)(F)C(F)(F)F)C(F)(C(F)(F)F)C(F)(F)C(F)(F)F. The Morgan fingerprint density at radius 3 is 1.14 bits per heavy atom. The molecule has 0 aromatic carbocycles. The number of alkyl halides is 14. The topological polar surface area (TPSA) is 0 Å². The van der Waals surface area contributed by atoms with Gasteiger partial charge in [0, 0.05) is 0 Å². The van der Waals surface area contributed by atoms with E-state index in [0.717, 1.165) is 6.42 Å². The molecule has 0 aliphatic heterocycles. The van der Waals surface area contributed by atoms with Crippen LogP contribution in [0, 0.1) is 0 Å². The smallest absolute Gasteiger partial charge is 0.221 e. The average molecular weight is 456 g/mol. The van der Waals surface area contributed by atoms with Gasteiger partial charge in [0.25, 0.3) is 6.08 Å². The molecule has 0 heterocycles. The first-order valence-electron chi connectivity index (χ1n) is 6.30. The number of hydrogen-bond donors (Lipinski definition) is 0. The summed E-state index contributed by atoms with van der Waals surface area (Å²) in [6.45, 7) is 5.54. The molecule has 168 valence electrons. The molecule has 0 aliphatic carbocycles. The molecule has 0 rings (SSSR count). The van der Waals surface area contributed by atoms with Crippen LogP contribution < -0.4 is 0 Å². The third kappa shape index (κ3) is 5.04. The lowest BCUT2D eigenvalue weighted by Crippen LogP contribution is -2.66. The van der Waals surface area contributed by atoms with Gasteiger partial charge in [0.1, 0.15) is 5.57 Å². The molecule has 0 saturated heterocycles. The van der Waals surface area contributed by atoms with Gasteiger partial charge in [-0.3, -0.25) is 0 Å². The van der Waals surface area contributed by atoms with Gasteiger partial charge in [-0.05, 0) is 6.42 Å². The van der Waals surface area contributed by atoms with Crippen molar-refractivity contribution in [2.45, 2.75) is 49.4 Å². The van der Waals surface area contributed by atoms with Crippen molar-refractivity contribution in [2.75, 3.05) is 0 Å². The molecule has 16 heteroatoms.